The summed E-state index contributed by atoms with van der Waals surface area (Å²) in [5, 5.41) is 11.7. The molecule has 6 heteroatoms. The van der Waals surface area contributed by atoms with Gasteiger partial charge in [0.05, 0.1) is 11.5 Å². The maximum atomic E-state index is 13.1. The zero-order valence-corrected chi connectivity index (χ0v) is 12.4. The summed E-state index contributed by atoms with van der Waals surface area (Å²) in [5.74, 6) is -2.83. The second kappa shape index (κ2) is 6.56. The molecule has 1 unspecified atom stereocenters. The fourth-order valence-electron chi connectivity index (χ4n) is 2.02. The Labute approximate surface area is 123 Å². The highest BCUT2D eigenvalue weighted by Crippen LogP contribution is 2.24. The number of carboxylic acid groups (broad SMARTS) is 1. The Bertz CT molecular complexity index is 538. The van der Waals surface area contributed by atoms with Crippen LogP contribution in [0.5, 0.6) is 0 Å². The van der Waals surface area contributed by atoms with Gasteiger partial charge < -0.3 is 16.2 Å². The Morgan fingerprint density at radius 3 is 2.52 bits per heavy atom. The van der Waals surface area contributed by atoms with Crippen LogP contribution in [-0.2, 0) is 4.79 Å². The Morgan fingerprint density at radius 2 is 2.00 bits per heavy atom. The quantitative estimate of drug-likeness (QED) is 0.727. The van der Waals surface area contributed by atoms with Crippen molar-refractivity contribution in [2.75, 3.05) is 12.3 Å². The summed E-state index contributed by atoms with van der Waals surface area (Å²) in [6.07, 6.45) is 0.418. The molecule has 1 amide bonds. The smallest absolute Gasteiger partial charge is 0.308 e. The largest absolute Gasteiger partial charge is 0.481 e. The summed E-state index contributed by atoms with van der Waals surface area (Å²) < 4.78 is 13.1. The van der Waals surface area contributed by atoms with E-state index in [1.165, 1.54) is 6.07 Å². The number of benzene rings is 1. The highest BCUT2D eigenvalue weighted by molar-refractivity contribution is 5.99. The van der Waals surface area contributed by atoms with Crippen molar-refractivity contribution in [1.29, 1.82) is 0 Å². The highest BCUT2D eigenvalue weighted by Gasteiger charge is 2.25. The number of nitrogens with two attached hydrogens (primary N) is 1. The van der Waals surface area contributed by atoms with E-state index >= 15 is 0 Å². The fraction of sp³-hybridized carbons (Fsp3) is 0.467. The Balaban J connectivity index is 2.74. The normalized spacial score (nSPS) is 12.8. The van der Waals surface area contributed by atoms with Crippen LogP contribution in [0.2, 0.25) is 0 Å². The van der Waals surface area contributed by atoms with Crippen molar-refractivity contribution in [1.82, 2.24) is 5.32 Å². The lowest BCUT2D eigenvalue weighted by atomic mass is 9.84. The van der Waals surface area contributed by atoms with Gasteiger partial charge in [-0.25, -0.2) is 4.39 Å². The molecule has 0 bridgehead atoms. The topological polar surface area (TPSA) is 92.4 Å². The van der Waals surface area contributed by atoms with Crippen molar-refractivity contribution in [2.45, 2.75) is 27.2 Å². The number of halogens is 1. The summed E-state index contributed by atoms with van der Waals surface area (Å²) in [7, 11) is 0. The fourth-order valence-corrected chi connectivity index (χ4v) is 2.02. The Morgan fingerprint density at radius 1 is 1.38 bits per heavy atom. The first-order valence-corrected chi connectivity index (χ1v) is 6.66. The number of carbonyl (C=O) groups is 2. The number of amides is 1. The van der Waals surface area contributed by atoms with E-state index in [1.807, 2.05) is 20.8 Å². The molecule has 0 saturated heterocycles. The minimum absolute atomic E-state index is 0.00916. The first-order valence-electron chi connectivity index (χ1n) is 6.66. The van der Waals surface area contributed by atoms with Gasteiger partial charge >= 0.3 is 5.97 Å². The Hall–Kier alpha value is -2.11. The first kappa shape index (κ1) is 16.9. The van der Waals surface area contributed by atoms with Gasteiger partial charge in [-0.05, 0) is 30.0 Å². The zero-order chi connectivity index (χ0) is 16.2. The maximum Gasteiger partial charge on any atom is 0.308 e. The first-order chi connectivity index (χ1) is 9.60. The lowest BCUT2D eigenvalue weighted by molar-refractivity contribution is -0.142. The van der Waals surface area contributed by atoms with Gasteiger partial charge in [-0.2, -0.15) is 0 Å². The van der Waals surface area contributed by atoms with Crippen LogP contribution in [0, 0.1) is 17.2 Å². The molecular weight excluding hydrogens is 275 g/mol. The predicted octanol–water partition coefficient (Wildman–Crippen LogP) is 2.27. The van der Waals surface area contributed by atoms with Gasteiger partial charge in [-0.1, -0.05) is 20.8 Å². The van der Waals surface area contributed by atoms with Crippen LogP contribution in [0.1, 0.15) is 37.6 Å². The molecule has 116 valence electrons. The lowest BCUT2D eigenvalue weighted by Crippen LogP contribution is -2.35. The molecule has 0 fully saturated rings. The van der Waals surface area contributed by atoms with Crippen molar-refractivity contribution in [2.24, 2.45) is 11.3 Å². The average Bonchev–Trinajstić information content (AvgIpc) is 2.35. The molecule has 0 heterocycles. The van der Waals surface area contributed by atoms with Crippen molar-refractivity contribution in [3.63, 3.8) is 0 Å². The molecule has 1 atom stereocenters. The van der Waals surface area contributed by atoms with Crippen LogP contribution in [-0.4, -0.2) is 23.5 Å². The van der Waals surface area contributed by atoms with Gasteiger partial charge in [0.25, 0.3) is 5.91 Å². The van der Waals surface area contributed by atoms with E-state index in [4.69, 9.17) is 5.73 Å². The lowest BCUT2D eigenvalue weighted by Gasteiger charge is -2.23. The molecular formula is C15H21FN2O3. The van der Waals surface area contributed by atoms with Crippen molar-refractivity contribution in [3.05, 3.63) is 29.6 Å². The molecule has 0 aliphatic rings. The number of nitrogens with one attached hydrogen (secondary N) is 1. The number of aliphatic carboxylic acids is 1. The predicted molar refractivity (Wildman–Crippen MR) is 78.3 cm³/mol. The van der Waals surface area contributed by atoms with Gasteiger partial charge in [-0.3, -0.25) is 9.59 Å². The van der Waals surface area contributed by atoms with Crippen LogP contribution in [0.3, 0.4) is 0 Å². The third kappa shape index (κ3) is 5.41. The zero-order valence-electron chi connectivity index (χ0n) is 12.4. The second-order valence-electron chi connectivity index (χ2n) is 6.24. The molecule has 4 N–H and O–H groups in total. The van der Waals surface area contributed by atoms with Crippen LogP contribution in [0.25, 0.3) is 0 Å². The molecule has 0 aromatic heterocycles. The van der Waals surface area contributed by atoms with Crippen LogP contribution < -0.4 is 11.1 Å². The molecule has 1 aromatic rings. The molecule has 5 nitrogen and oxygen atoms in total. The van der Waals surface area contributed by atoms with E-state index in [0.29, 0.717) is 6.42 Å². The summed E-state index contributed by atoms with van der Waals surface area (Å²) in [5.41, 5.74) is 5.60. The standard InChI is InChI=1S/C15H21FN2O3/c1-15(2,3)7-9(14(20)21)8-18-13(19)11-6-10(16)4-5-12(11)17/h4-6,9H,7-8,17H2,1-3H3,(H,18,19)(H,20,21). The van der Waals surface area contributed by atoms with Crippen molar-refractivity contribution >= 4 is 17.6 Å². The highest BCUT2D eigenvalue weighted by atomic mass is 19.1. The minimum Gasteiger partial charge on any atom is -0.481 e. The number of hydrogen-bond donors (Lipinski definition) is 3. The van der Waals surface area contributed by atoms with Gasteiger partial charge in [0, 0.05) is 12.2 Å². The number of carboxylic acids is 1. The molecule has 1 aromatic carbocycles. The molecule has 1 rings (SSSR count). The average molecular weight is 296 g/mol. The number of rotatable bonds is 5. The molecule has 21 heavy (non-hydrogen) atoms. The van der Waals surface area contributed by atoms with Crippen molar-refractivity contribution in [3.8, 4) is 0 Å². The van der Waals surface area contributed by atoms with Gasteiger partial charge in [0.1, 0.15) is 5.82 Å². The van der Waals surface area contributed by atoms with Crippen LogP contribution in [0.4, 0.5) is 10.1 Å². The van der Waals surface area contributed by atoms with E-state index in [2.05, 4.69) is 5.32 Å². The molecule has 0 aliphatic carbocycles. The van der Waals surface area contributed by atoms with Gasteiger partial charge in [0.15, 0.2) is 0 Å². The maximum absolute atomic E-state index is 13.1. The summed E-state index contributed by atoms with van der Waals surface area (Å²) in [6.45, 7) is 5.75. The van der Waals surface area contributed by atoms with E-state index in [-0.39, 0.29) is 23.2 Å². The number of anilines is 1. The van der Waals surface area contributed by atoms with Crippen molar-refractivity contribution < 1.29 is 19.1 Å². The third-order valence-corrected chi connectivity index (χ3v) is 2.98. The number of nitrogen functional groups attached to an aromatic ring is 1. The summed E-state index contributed by atoms with van der Waals surface area (Å²) in [4.78, 5) is 23.2. The molecule has 0 spiro atoms. The molecule has 0 saturated carbocycles. The van der Waals surface area contributed by atoms with E-state index in [9.17, 15) is 19.1 Å². The summed E-state index contributed by atoms with van der Waals surface area (Å²) >= 11 is 0. The third-order valence-electron chi connectivity index (χ3n) is 2.98. The van der Waals surface area contributed by atoms with E-state index in [0.717, 1.165) is 12.1 Å². The Kier molecular flexibility index (Phi) is 5.29. The number of hydrogen-bond acceptors (Lipinski definition) is 3. The SMILES string of the molecule is CC(C)(C)CC(CNC(=O)c1cc(F)ccc1N)C(=O)O. The molecule has 0 aliphatic heterocycles. The van der Waals surface area contributed by atoms with E-state index in [1.54, 1.807) is 0 Å². The number of carbonyl (C=O) groups excluding carboxylic acids is 1. The monoisotopic (exact) mass is 296 g/mol. The van der Waals surface area contributed by atoms with Gasteiger partial charge in [0.2, 0.25) is 0 Å². The van der Waals surface area contributed by atoms with Crippen LogP contribution >= 0.6 is 0 Å². The van der Waals surface area contributed by atoms with Crippen LogP contribution in [0.15, 0.2) is 18.2 Å². The van der Waals surface area contributed by atoms with E-state index < -0.39 is 23.6 Å². The summed E-state index contributed by atoms with van der Waals surface area (Å²) in [6, 6.07) is 3.49. The minimum atomic E-state index is -0.975. The molecule has 0 radical (unpaired) electrons. The van der Waals surface area contributed by atoms with Gasteiger partial charge in [-0.15, -0.1) is 0 Å². The second-order valence-corrected chi connectivity index (χ2v) is 6.24.